The molecule has 0 saturated carbocycles. The molecule has 1 nitrogen and oxygen atoms in total. The maximum absolute atomic E-state index is 5.40. The molecule has 0 N–H and O–H groups in total. The standard InChI is InChI=1S/C7H16OS2/c1-5-10(9)8-6-7(2,3)4/h5-6H2,1-4H3. The van der Waals surface area contributed by atoms with Crippen molar-refractivity contribution >= 4 is 20.9 Å². The van der Waals surface area contributed by atoms with Crippen LogP contribution in [-0.4, -0.2) is 12.4 Å². The average Bonchev–Trinajstić information content (AvgIpc) is 1.81. The molecule has 0 heterocycles. The van der Waals surface area contributed by atoms with Gasteiger partial charge in [-0.1, -0.05) is 27.7 Å². The van der Waals surface area contributed by atoms with Gasteiger partial charge in [0.25, 0.3) is 0 Å². The quantitative estimate of drug-likeness (QED) is 0.657. The van der Waals surface area contributed by atoms with Gasteiger partial charge >= 0.3 is 0 Å². The molecule has 0 aromatic carbocycles. The van der Waals surface area contributed by atoms with E-state index in [9.17, 15) is 0 Å². The third-order valence-electron chi connectivity index (χ3n) is 0.859. The molecule has 3 heteroatoms. The molecule has 0 saturated heterocycles. The van der Waals surface area contributed by atoms with Crippen LogP contribution >= 0.6 is 0 Å². The normalized spacial score (nSPS) is 15.2. The summed E-state index contributed by atoms with van der Waals surface area (Å²) in [6, 6.07) is 0. The zero-order chi connectivity index (χ0) is 8.20. The molecule has 0 aromatic heterocycles. The summed E-state index contributed by atoms with van der Waals surface area (Å²) in [5.41, 5.74) is 0.249. The fourth-order valence-electron chi connectivity index (χ4n) is 0.326. The van der Waals surface area contributed by atoms with Crippen LogP contribution in [0.4, 0.5) is 0 Å². The minimum absolute atomic E-state index is 0.240. The molecule has 1 atom stereocenters. The lowest BCUT2D eigenvalue weighted by atomic mass is 9.99. The second kappa shape index (κ2) is 4.42. The summed E-state index contributed by atoms with van der Waals surface area (Å²) in [7, 11) is -0.240. The van der Waals surface area contributed by atoms with Crippen LogP contribution in [-0.2, 0) is 25.1 Å². The van der Waals surface area contributed by atoms with Crippen LogP contribution in [0.25, 0.3) is 0 Å². The van der Waals surface area contributed by atoms with Crippen molar-refractivity contribution < 1.29 is 4.18 Å². The average molecular weight is 180 g/mol. The predicted molar refractivity (Wildman–Crippen MR) is 50.7 cm³/mol. The van der Waals surface area contributed by atoms with E-state index in [2.05, 4.69) is 27.7 Å². The molecular formula is C7H16OS2. The molecule has 1 unspecified atom stereocenters. The van der Waals surface area contributed by atoms with Crippen molar-refractivity contribution in [3.05, 3.63) is 0 Å². The Labute approximate surface area is 71.0 Å². The lowest BCUT2D eigenvalue weighted by Crippen LogP contribution is -2.15. The van der Waals surface area contributed by atoms with E-state index in [1.807, 2.05) is 0 Å². The molecule has 0 bridgehead atoms. The maximum atomic E-state index is 5.40. The summed E-state index contributed by atoms with van der Waals surface area (Å²) in [5.74, 6) is 0.950. The zero-order valence-corrected chi connectivity index (χ0v) is 8.77. The van der Waals surface area contributed by atoms with Gasteiger partial charge in [-0.15, -0.1) is 0 Å². The lowest BCUT2D eigenvalue weighted by molar-refractivity contribution is 0.225. The van der Waals surface area contributed by atoms with Gasteiger partial charge < -0.3 is 4.18 Å². The molecule has 0 fully saturated rings. The SMILES string of the molecule is CCS(=S)OCC(C)(C)C. The fourth-order valence-corrected chi connectivity index (χ4v) is 1.12. The lowest BCUT2D eigenvalue weighted by Gasteiger charge is -2.17. The smallest absolute Gasteiger partial charge is 0.0665 e. The van der Waals surface area contributed by atoms with E-state index in [1.54, 1.807) is 0 Å². The minimum Gasteiger partial charge on any atom is -0.312 e. The topological polar surface area (TPSA) is 9.23 Å². The fraction of sp³-hybridized carbons (Fsp3) is 1.00. The highest BCUT2D eigenvalue weighted by molar-refractivity contribution is 8.26. The Bertz CT molecular complexity index is 115. The summed E-state index contributed by atoms with van der Waals surface area (Å²) >= 11 is 5.01. The van der Waals surface area contributed by atoms with Gasteiger partial charge in [0.05, 0.1) is 6.61 Å². The van der Waals surface area contributed by atoms with Gasteiger partial charge in [0.1, 0.15) is 0 Å². The van der Waals surface area contributed by atoms with E-state index in [-0.39, 0.29) is 15.2 Å². The van der Waals surface area contributed by atoms with Crippen LogP contribution in [0.15, 0.2) is 0 Å². The van der Waals surface area contributed by atoms with Crippen molar-refractivity contribution in [1.82, 2.24) is 0 Å². The summed E-state index contributed by atoms with van der Waals surface area (Å²) in [6.07, 6.45) is 0. The highest BCUT2D eigenvalue weighted by Crippen LogP contribution is 2.13. The molecule has 0 aliphatic heterocycles. The molecule has 0 aromatic rings. The Balaban J connectivity index is 3.46. The van der Waals surface area contributed by atoms with Crippen LogP contribution in [0.1, 0.15) is 27.7 Å². The van der Waals surface area contributed by atoms with Gasteiger partial charge in [-0.25, -0.2) is 0 Å². The Morgan fingerprint density at radius 2 is 1.90 bits per heavy atom. The van der Waals surface area contributed by atoms with E-state index >= 15 is 0 Å². The van der Waals surface area contributed by atoms with Gasteiger partial charge in [-0.2, -0.15) is 0 Å². The van der Waals surface area contributed by atoms with Crippen molar-refractivity contribution in [2.45, 2.75) is 27.7 Å². The van der Waals surface area contributed by atoms with E-state index < -0.39 is 0 Å². The van der Waals surface area contributed by atoms with Crippen LogP contribution in [0, 0.1) is 5.41 Å². The van der Waals surface area contributed by atoms with E-state index in [0.29, 0.717) is 0 Å². The van der Waals surface area contributed by atoms with Crippen molar-refractivity contribution in [1.29, 1.82) is 0 Å². The molecule has 0 aliphatic carbocycles. The molecular weight excluding hydrogens is 164 g/mol. The number of rotatable bonds is 3. The van der Waals surface area contributed by atoms with Crippen molar-refractivity contribution in [2.75, 3.05) is 12.4 Å². The molecule has 10 heavy (non-hydrogen) atoms. The van der Waals surface area contributed by atoms with Crippen LogP contribution in [0.5, 0.6) is 0 Å². The van der Waals surface area contributed by atoms with Gasteiger partial charge in [0.2, 0.25) is 0 Å². The van der Waals surface area contributed by atoms with Gasteiger partial charge in [-0.05, 0) is 16.6 Å². The molecule has 62 valence electrons. The number of hydrogen-bond acceptors (Lipinski definition) is 2. The summed E-state index contributed by atoms with van der Waals surface area (Å²) in [6.45, 7) is 9.27. The summed E-state index contributed by atoms with van der Waals surface area (Å²) < 4.78 is 5.40. The molecule has 0 radical (unpaired) electrons. The highest BCUT2D eigenvalue weighted by Gasteiger charge is 2.10. The maximum Gasteiger partial charge on any atom is 0.0665 e. The monoisotopic (exact) mass is 180 g/mol. The van der Waals surface area contributed by atoms with Crippen LogP contribution in [0.2, 0.25) is 0 Å². The Kier molecular flexibility index (Phi) is 4.65. The van der Waals surface area contributed by atoms with Crippen molar-refractivity contribution in [3.63, 3.8) is 0 Å². The van der Waals surface area contributed by atoms with Crippen LogP contribution < -0.4 is 0 Å². The minimum atomic E-state index is -0.240. The molecule has 0 aliphatic rings. The van der Waals surface area contributed by atoms with Gasteiger partial charge in [0, 0.05) is 15.5 Å². The first-order valence-electron chi connectivity index (χ1n) is 3.47. The Morgan fingerprint density at radius 3 is 2.20 bits per heavy atom. The third kappa shape index (κ3) is 6.65. The van der Waals surface area contributed by atoms with Gasteiger partial charge in [0.15, 0.2) is 0 Å². The van der Waals surface area contributed by atoms with Crippen molar-refractivity contribution in [2.24, 2.45) is 5.41 Å². The first-order chi connectivity index (χ1) is 4.45. The van der Waals surface area contributed by atoms with Crippen molar-refractivity contribution in [3.8, 4) is 0 Å². The molecule has 0 spiro atoms. The first-order valence-corrected chi connectivity index (χ1v) is 5.72. The largest absolute Gasteiger partial charge is 0.312 e. The second-order valence-electron chi connectivity index (χ2n) is 3.42. The van der Waals surface area contributed by atoms with Gasteiger partial charge in [-0.3, -0.25) is 0 Å². The van der Waals surface area contributed by atoms with E-state index in [1.165, 1.54) is 0 Å². The predicted octanol–water partition coefficient (Wildman–Crippen LogP) is 2.06. The number of hydrogen-bond donors (Lipinski definition) is 0. The first kappa shape index (κ1) is 10.5. The zero-order valence-electron chi connectivity index (χ0n) is 7.14. The summed E-state index contributed by atoms with van der Waals surface area (Å²) in [5, 5.41) is 0. The van der Waals surface area contributed by atoms with Crippen LogP contribution in [0.3, 0.4) is 0 Å². The summed E-state index contributed by atoms with van der Waals surface area (Å²) in [4.78, 5) is 0. The third-order valence-corrected chi connectivity index (χ3v) is 2.71. The van der Waals surface area contributed by atoms with E-state index in [0.717, 1.165) is 12.4 Å². The Hall–Kier alpha value is 0.530. The second-order valence-corrected chi connectivity index (χ2v) is 5.95. The van der Waals surface area contributed by atoms with E-state index in [4.69, 9.17) is 15.4 Å². The Morgan fingerprint density at radius 1 is 1.40 bits per heavy atom. The molecule has 0 rings (SSSR count). The molecule has 0 amide bonds. The highest BCUT2D eigenvalue weighted by atomic mass is 32.8.